The van der Waals surface area contributed by atoms with Crippen LogP contribution in [0.3, 0.4) is 0 Å². The Balaban J connectivity index is 1.38. The van der Waals surface area contributed by atoms with E-state index in [0.29, 0.717) is 22.7 Å². The third-order valence-electron chi connectivity index (χ3n) is 7.71. The smallest absolute Gasteiger partial charge is 0.336 e. The summed E-state index contributed by atoms with van der Waals surface area (Å²) in [5.41, 5.74) is 8.99. The van der Waals surface area contributed by atoms with Crippen molar-refractivity contribution < 1.29 is 14.7 Å². The van der Waals surface area contributed by atoms with Crippen LogP contribution in [0.5, 0.6) is 0 Å². The molecule has 1 amide bonds. The molecule has 1 atom stereocenters. The van der Waals surface area contributed by atoms with E-state index in [1.54, 1.807) is 12.1 Å². The van der Waals surface area contributed by atoms with Crippen LogP contribution in [0.15, 0.2) is 84.9 Å². The van der Waals surface area contributed by atoms with Gasteiger partial charge in [0.15, 0.2) is 0 Å². The summed E-state index contributed by atoms with van der Waals surface area (Å²) in [6, 6.07) is 26.5. The van der Waals surface area contributed by atoms with E-state index in [0.717, 1.165) is 44.4 Å². The SMILES string of the molecule is Cc1cc(Cl)ccc1[C@H](C)NC(=O)c1ccc2c(c1)c(C)c(C)n2Cc1ccc(-c2ccccc2C(=O)O)cc1. The lowest BCUT2D eigenvalue weighted by Gasteiger charge is -2.17. The summed E-state index contributed by atoms with van der Waals surface area (Å²) in [5.74, 6) is -1.06. The molecule has 0 aliphatic carbocycles. The molecule has 5 rings (SSSR count). The Morgan fingerprint density at radius 3 is 2.35 bits per heavy atom. The number of aromatic nitrogens is 1. The Morgan fingerprint density at radius 2 is 1.65 bits per heavy atom. The zero-order chi connectivity index (χ0) is 28.6. The van der Waals surface area contributed by atoms with Gasteiger partial charge in [-0.2, -0.15) is 0 Å². The molecule has 5 aromatic rings. The van der Waals surface area contributed by atoms with Gasteiger partial charge >= 0.3 is 5.97 Å². The fourth-order valence-corrected chi connectivity index (χ4v) is 5.60. The fraction of sp³-hybridized carbons (Fsp3) is 0.176. The van der Waals surface area contributed by atoms with Crippen LogP contribution in [-0.2, 0) is 6.54 Å². The highest BCUT2D eigenvalue weighted by Crippen LogP contribution is 2.29. The molecule has 2 N–H and O–H groups in total. The molecule has 202 valence electrons. The summed E-state index contributed by atoms with van der Waals surface area (Å²) in [6.45, 7) is 8.81. The highest BCUT2D eigenvalue weighted by Gasteiger charge is 2.17. The van der Waals surface area contributed by atoms with Gasteiger partial charge in [-0.1, -0.05) is 60.1 Å². The third kappa shape index (κ3) is 5.25. The summed E-state index contributed by atoms with van der Waals surface area (Å²) < 4.78 is 2.26. The normalized spacial score (nSPS) is 11.9. The minimum absolute atomic E-state index is 0.120. The van der Waals surface area contributed by atoms with Crippen molar-refractivity contribution >= 4 is 34.4 Å². The molecule has 1 aromatic heterocycles. The maximum absolute atomic E-state index is 13.2. The molecule has 4 aromatic carbocycles. The zero-order valence-electron chi connectivity index (χ0n) is 23.0. The predicted molar refractivity (Wildman–Crippen MR) is 161 cm³/mol. The number of carbonyl (C=O) groups is 2. The molecule has 0 saturated carbocycles. The summed E-state index contributed by atoms with van der Waals surface area (Å²) in [4.78, 5) is 24.8. The maximum atomic E-state index is 13.2. The summed E-state index contributed by atoms with van der Waals surface area (Å²) in [6.07, 6.45) is 0. The average molecular weight is 551 g/mol. The van der Waals surface area contributed by atoms with E-state index in [9.17, 15) is 14.7 Å². The second-order valence-electron chi connectivity index (χ2n) is 10.3. The highest BCUT2D eigenvalue weighted by molar-refractivity contribution is 6.30. The minimum Gasteiger partial charge on any atom is -0.478 e. The number of benzene rings is 4. The number of nitrogens with one attached hydrogen (secondary N) is 1. The van der Waals surface area contributed by atoms with Gasteiger partial charge in [0.2, 0.25) is 0 Å². The molecule has 1 heterocycles. The molecule has 0 aliphatic rings. The van der Waals surface area contributed by atoms with Gasteiger partial charge in [0.05, 0.1) is 11.6 Å². The molecule has 6 heteroatoms. The number of nitrogens with zero attached hydrogens (tertiary/aromatic N) is 1. The van der Waals surface area contributed by atoms with Crippen LogP contribution < -0.4 is 5.32 Å². The molecule has 40 heavy (non-hydrogen) atoms. The van der Waals surface area contributed by atoms with Gasteiger partial charge in [-0.05, 0) is 97.5 Å². The predicted octanol–water partition coefficient (Wildman–Crippen LogP) is 8.12. The Bertz CT molecular complexity index is 1750. The van der Waals surface area contributed by atoms with Gasteiger partial charge in [-0.15, -0.1) is 0 Å². The molecule has 0 fully saturated rings. The number of aryl methyl sites for hydroxylation is 2. The average Bonchev–Trinajstić information content (AvgIpc) is 3.17. The lowest BCUT2D eigenvalue weighted by molar-refractivity contribution is 0.0697. The van der Waals surface area contributed by atoms with E-state index in [1.807, 2.05) is 86.6 Å². The van der Waals surface area contributed by atoms with Crippen molar-refractivity contribution in [3.63, 3.8) is 0 Å². The summed E-state index contributed by atoms with van der Waals surface area (Å²) in [5, 5.41) is 14.4. The Kier molecular flexibility index (Phi) is 7.51. The molecule has 0 bridgehead atoms. The van der Waals surface area contributed by atoms with Crippen molar-refractivity contribution in [1.29, 1.82) is 0 Å². The topological polar surface area (TPSA) is 71.3 Å². The van der Waals surface area contributed by atoms with Gasteiger partial charge in [0.25, 0.3) is 5.91 Å². The largest absolute Gasteiger partial charge is 0.478 e. The quantitative estimate of drug-likeness (QED) is 0.215. The molecule has 5 nitrogen and oxygen atoms in total. The van der Waals surface area contributed by atoms with E-state index >= 15 is 0 Å². The van der Waals surface area contributed by atoms with Gasteiger partial charge in [0, 0.05) is 33.7 Å². The van der Waals surface area contributed by atoms with Crippen LogP contribution in [0, 0.1) is 20.8 Å². The van der Waals surface area contributed by atoms with Crippen molar-refractivity contribution in [3.05, 3.63) is 129 Å². The number of fused-ring (bicyclic) bond motifs is 1. The summed E-state index contributed by atoms with van der Waals surface area (Å²) in [7, 11) is 0. The van der Waals surface area contributed by atoms with Crippen LogP contribution in [0.4, 0.5) is 0 Å². The minimum atomic E-state index is -0.938. The monoisotopic (exact) mass is 550 g/mol. The first-order chi connectivity index (χ1) is 19.1. The third-order valence-corrected chi connectivity index (χ3v) is 7.95. The lowest BCUT2D eigenvalue weighted by atomic mass is 9.99. The van der Waals surface area contributed by atoms with Crippen molar-refractivity contribution in [2.45, 2.75) is 40.3 Å². The van der Waals surface area contributed by atoms with Crippen LogP contribution >= 0.6 is 11.6 Å². The van der Waals surface area contributed by atoms with E-state index in [1.165, 1.54) is 0 Å². The Morgan fingerprint density at radius 1 is 0.925 bits per heavy atom. The number of carbonyl (C=O) groups excluding carboxylic acids is 1. The molecular formula is C34H31ClN2O3. The number of aromatic carboxylic acids is 1. The van der Waals surface area contributed by atoms with Crippen molar-refractivity contribution in [2.24, 2.45) is 0 Å². The van der Waals surface area contributed by atoms with Crippen LogP contribution in [0.1, 0.15) is 61.6 Å². The number of halogens is 1. The summed E-state index contributed by atoms with van der Waals surface area (Å²) >= 11 is 6.10. The van der Waals surface area contributed by atoms with E-state index in [2.05, 4.69) is 23.7 Å². The molecule has 0 aliphatic heterocycles. The first-order valence-electron chi connectivity index (χ1n) is 13.2. The standard InChI is InChI=1S/C34H31ClN2O3/c1-20-17-27(35)14-15-28(20)22(3)36-33(38)26-13-16-32-31(18-26)21(2)23(4)37(32)19-24-9-11-25(12-10-24)29-7-5-6-8-30(29)34(39)40/h5-18,22H,19H2,1-4H3,(H,36,38)(H,39,40)/t22-/m0/s1. The number of carboxylic acid groups (broad SMARTS) is 1. The molecule has 0 saturated heterocycles. The van der Waals surface area contributed by atoms with E-state index < -0.39 is 5.97 Å². The van der Waals surface area contributed by atoms with Crippen LogP contribution in [-0.4, -0.2) is 21.6 Å². The number of hydrogen-bond acceptors (Lipinski definition) is 2. The Hall–Kier alpha value is -4.35. The van der Waals surface area contributed by atoms with Crippen molar-refractivity contribution in [2.75, 3.05) is 0 Å². The van der Waals surface area contributed by atoms with E-state index in [4.69, 9.17) is 11.6 Å². The number of carboxylic acids is 1. The second kappa shape index (κ2) is 11.0. The van der Waals surface area contributed by atoms with Crippen molar-refractivity contribution in [3.8, 4) is 11.1 Å². The molecule has 0 unspecified atom stereocenters. The van der Waals surface area contributed by atoms with Gasteiger partial charge < -0.3 is 15.0 Å². The lowest BCUT2D eigenvalue weighted by Crippen LogP contribution is -2.27. The van der Waals surface area contributed by atoms with E-state index in [-0.39, 0.29) is 17.5 Å². The maximum Gasteiger partial charge on any atom is 0.336 e. The first-order valence-corrected chi connectivity index (χ1v) is 13.6. The van der Waals surface area contributed by atoms with Crippen LogP contribution in [0.25, 0.3) is 22.0 Å². The zero-order valence-corrected chi connectivity index (χ0v) is 23.7. The molecule has 0 radical (unpaired) electrons. The molecule has 0 spiro atoms. The number of rotatable bonds is 7. The van der Waals surface area contributed by atoms with Gasteiger partial charge in [0.1, 0.15) is 0 Å². The van der Waals surface area contributed by atoms with Crippen molar-refractivity contribution in [1.82, 2.24) is 9.88 Å². The van der Waals surface area contributed by atoms with Crippen LogP contribution in [0.2, 0.25) is 5.02 Å². The number of hydrogen-bond donors (Lipinski definition) is 2. The number of amides is 1. The second-order valence-corrected chi connectivity index (χ2v) is 10.7. The first kappa shape index (κ1) is 27.2. The highest BCUT2D eigenvalue weighted by atomic mass is 35.5. The molecular weight excluding hydrogens is 520 g/mol. The fourth-order valence-electron chi connectivity index (χ4n) is 5.37. The van der Waals surface area contributed by atoms with Gasteiger partial charge in [-0.25, -0.2) is 4.79 Å². The Labute approximate surface area is 239 Å². The van der Waals surface area contributed by atoms with Gasteiger partial charge in [-0.3, -0.25) is 4.79 Å².